The fourth-order valence-corrected chi connectivity index (χ4v) is 3.19. The molecule has 28 heavy (non-hydrogen) atoms. The molecule has 1 aliphatic heterocycles. The number of nitro benzene ring substituents is 1. The van der Waals surface area contributed by atoms with Crippen LogP contribution in [0.5, 0.6) is 0 Å². The summed E-state index contributed by atoms with van der Waals surface area (Å²) in [4.78, 5) is 47.8. The zero-order valence-corrected chi connectivity index (χ0v) is 17.1. The van der Waals surface area contributed by atoms with Gasteiger partial charge in [0.2, 0.25) is 0 Å². The number of nitrogens with zero attached hydrogens (tertiary/aromatic N) is 2. The van der Waals surface area contributed by atoms with Crippen molar-refractivity contribution in [1.29, 1.82) is 0 Å². The molecule has 0 aliphatic carbocycles. The number of nitro groups is 1. The van der Waals surface area contributed by atoms with Crippen LogP contribution in [0.1, 0.15) is 15.9 Å². The van der Waals surface area contributed by atoms with E-state index >= 15 is 0 Å². The highest BCUT2D eigenvalue weighted by Crippen LogP contribution is 2.33. The number of halogens is 2. The molecule has 2 aromatic carbocycles. The first kappa shape index (κ1) is 19.8. The topological polar surface area (TPSA) is 97.6 Å². The van der Waals surface area contributed by atoms with Crippen molar-refractivity contribution < 1.29 is 19.3 Å². The number of imide groups is 1. The Hall–Kier alpha value is -2.91. The first-order valence-electron chi connectivity index (χ1n) is 7.80. The van der Waals surface area contributed by atoms with Gasteiger partial charge in [0.15, 0.2) is 5.78 Å². The van der Waals surface area contributed by atoms with Gasteiger partial charge >= 0.3 is 0 Å². The molecule has 1 aliphatic rings. The highest BCUT2D eigenvalue weighted by Gasteiger charge is 2.36. The fourth-order valence-electron chi connectivity index (χ4n) is 2.50. The average molecular weight is 506 g/mol. The Kier molecular flexibility index (Phi) is 5.66. The van der Waals surface area contributed by atoms with Crippen LogP contribution in [0, 0.1) is 10.1 Å². The third kappa shape index (κ3) is 3.85. The number of allylic oxidation sites excluding steroid dienone is 1. The molecule has 7 nitrogen and oxygen atoms in total. The maximum absolute atomic E-state index is 12.3. The maximum Gasteiger partial charge on any atom is 0.273 e. The summed E-state index contributed by atoms with van der Waals surface area (Å²) in [6.45, 7) is 0. The predicted octanol–water partition coefficient (Wildman–Crippen LogP) is 4.37. The Morgan fingerprint density at radius 2 is 1.61 bits per heavy atom. The summed E-state index contributed by atoms with van der Waals surface area (Å²) in [5.74, 6) is -1.32. The lowest BCUT2D eigenvalue weighted by atomic mass is 10.1. The average Bonchev–Trinajstić information content (AvgIpc) is 2.89. The number of carbonyl (C=O) groups excluding carboxylic acids is 3. The molecule has 0 bridgehead atoms. The lowest BCUT2D eigenvalue weighted by Gasteiger charge is -2.14. The van der Waals surface area contributed by atoms with Crippen molar-refractivity contribution in [2.45, 2.75) is 0 Å². The van der Waals surface area contributed by atoms with Gasteiger partial charge in [-0.2, -0.15) is 0 Å². The zero-order valence-electron chi connectivity index (χ0n) is 14.0. The highest BCUT2D eigenvalue weighted by atomic mass is 79.9. The molecule has 0 N–H and O–H groups in total. The number of benzene rings is 2. The Balaban J connectivity index is 1.76. The van der Waals surface area contributed by atoms with E-state index in [4.69, 9.17) is 0 Å². The van der Waals surface area contributed by atoms with E-state index in [0.29, 0.717) is 16.8 Å². The summed E-state index contributed by atoms with van der Waals surface area (Å²) >= 11 is 6.11. The Morgan fingerprint density at radius 1 is 1.00 bits per heavy atom. The number of hydrogen-bond acceptors (Lipinski definition) is 5. The number of ketones is 1. The van der Waals surface area contributed by atoms with Gasteiger partial charge in [-0.15, -0.1) is 0 Å². The van der Waals surface area contributed by atoms with E-state index in [9.17, 15) is 24.5 Å². The molecule has 2 amide bonds. The van der Waals surface area contributed by atoms with E-state index < -0.39 is 16.7 Å². The van der Waals surface area contributed by atoms with Gasteiger partial charge in [0, 0.05) is 17.7 Å². The van der Waals surface area contributed by atoms with Gasteiger partial charge in [-0.3, -0.25) is 24.5 Å². The van der Waals surface area contributed by atoms with Crippen LogP contribution < -0.4 is 4.90 Å². The van der Waals surface area contributed by atoms with Gasteiger partial charge in [0.1, 0.15) is 8.96 Å². The van der Waals surface area contributed by atoms with Crippen LogP contribution in [0.25, 0.3) is 6.08 Å². The van der Waals surface area contributed by atoms with Crippen molar-refractivity contribution >= 4 is 66.9 Å². The van der Waals surface area contributed by atoms with Crippen LogP contribution in [-0.4, -0.2) is 22.5 Å². The van der Waals surface area contributed by atoms with Crippen molar-refractivity contribution in [1.82, 2.24) is 0 Å². The third-order valence-corrected chi connectivity index (χ3v) is 5.90. The maximum atomic E-state index is 12.3. The smallest absolute Gasteiger partial charge is 0.273 e. The number of amides is 2. The number of carbonyl (C=O) groups is 3. The number of hydrogen-bond donors (Lipinski definition) is 0. The van der Waals surface area contributed by atoms with Crippen LogP contribution in [0.4, 0.5) is 11.4 Å². The van der Waals surface area contributed by atoms with E-state index in [-0.39, 0.29) is 20.4 Å². The lowest BCUT2D eigenvalue weighted by Crippen LogP contribution is -2.30. The fraction of sp³-hybridized carbons (Fsp3) is 0. The molecule has 9 heteroatoms. The minimum atomic E-state index is -0.510. The quantitative estimate of drug-likeness (QED) is 0.197. The second-order valence-corrected chi connectivity index (χ2v) is 7.26. The second kappa shape index (κ2) is 7.99. The van der Waals surface area contributed by atoms with Gasteiger partial charge < -0.3 is 0 Å². The minimum Gasteiger partial charge on any atom is -0.289 e. The monoisotopic (exact) mass is 504 g/mol. The van der Waals surface area contributed by atoms with Gasteiger partial charge in [-0.1, -0.05) is 18.2 Å². The molecule has 0 aromatic heterocycles. The van der Waals surface area contributed by atoms with E-state index in [1.165, 1.54) is 54.6 Å². The van der Waals surface area contributed by atoms with Crippen LogP contribution >= 0.6 is 31.9 Å². The molecule has 0 atom stereocenters. The summed E-state index contributed by atoms with van der Waals surface area (Å²) in [7, 11) is 0. The molecule has 1 heterocycles. The summed E-state index contributed by atoms with van der Waals surface area (Å²) in [6, 6.07) is 11.9. The van der Waals surface area contributed by atoms with Crippen molar-refractivity contribution in [2.24, 2.45) is 0 Å². The first-order valence-corrected chi connectivity index (χ1v) is 9.39. The SMILES string of the molecule is O=C(/C=C/c1cccc([N+](=O)[O-])c1)c1ccc(N2C(=O)C(Br)=C(Br)C2=O)cc1. The molecule has 0 spiro atoms. The van der Waals surface area contributed by atoms with Gasteiger partial charge in [-0.05, 0) is 67.8 Å². The second-order valence-electron chi connectivity index (χ2n) is 5.67. The van der Waals surface area contributed by atoms with Crippen LogP contribution in [0.15, 0.2) is 63.6 Å². The molecule has 3 rings (SSSR count). The normalized spacial score (nSPS) is 14.3. The van der Waals surface area contributed by atoms with E-state index in [0.717, 1.165) is 4.90 Å². The summed E-state index contributed by atoms with van der Waals surface area (Å²) in [6.07, 6.45) is 2.78. The molecule has 0 fully saturated rings. The zero-order chi connectivity index (χ0) is 20.4. The summed E-state index contributed by atoms with van der Waals surface area (Å²) in [5.41, 5.74) is 1.13. The Bertz CT molecular complexity index is 1050. The van der Waals surface area contributed by atoms with Gasteiger partial charge in [-0.25, -0.2) is 4.90 Å². The number of rotatable bonds is 5. The summed E-state index contributed by atoms with van der Waals surface area (Å²) < 4.78 is 0.273. The van der Waals surface area contributed by atoms with Crippen molar-refractivity contribution in [3.05, 3.63) is 84.8 Å². The molecule has 0 unspecified atom stereocenters. The minimum absolute atomic E-state index is 0.0650. The van der Waals surface area contributed by atoms with Crippen molar-refractivity contribution in [3.8, 4) is 0 Å². The van der Waals surface area contributed by atoms with Gasteiger partial charge in [0.25, 0.3) is 17.5 Å². The molecule has 0 saturated carbocycles. The molecular formula is C19H10Br2N2O5. The van der Waals surface area contributed by atoms with Gasteiger partial charge in [0.05, 0.1) is 10.6 Å². The van der Waals surface area contributed by atoms with Crippen molar-refractivity contribution in [2.75, 3.05) is 4.90 Å². The molecule has 140 valence electrons. The molecular weight excluding hydrogens is 496 g/mol. The lowest BCUT2D eigenvalue weighted by molar-refractivity contribution is -0.384. The van der Waals surface area contributed by atoms with Crippen LogP contribution in [0.3, 0.4) is 0 Å². The first-order chi connectivity index (χ1) is 13.3. The van der Waals surface area contributed by atoms with Crippen LogP contribution in [0.2, 0.25) is 0 Å². The predicted molar refractivity (Wildman–Crippen MR) is 110 cm³/mol. The van der Waals surface area contributed by atoms with E-state index in [1.807, 2.05) is 0 Å². The largest absolute Gasteiger partial charge is 0.289 e. The Labute approximate surface area is 175 Å². The summed E-state index contributed by atoms with van der Waals surface area (Å²) in [5, 5.41) is 10.8. The number of anilines is 1. The molecule has 2 aromatic rings. The van der Waals surface area contributed by atoms with Crippen molar-refractivity contribution in [3.63, 3.8) is 0 Å². The molecule has 0 saturated heterocycles. The van der Waals surface area contributed by atoms with E-state index in [1.54, 1.807) is 6.07 Å². The highest BCUT2D eigenvalue weighted by molar-refractivity contribution is 9.14. The Morgan fingerprint density at radius 3 is 2.18 bits per heavy atom. The van der Waals surface area contributed by atoms with E-state index in [2.05, 4.69) is 31.9 Å². The van der Waals surface area contributed by atoms with Crippen LogP contribution in [-0.2, 0) is 9.59 Å². The number of non-ortho nitro benzene ring substituents is 1. The standard InChI is InChI=1S/C19H10Br2N2O5/c20-16-17(21)19(26)22(18(16)25)13-7-5-12(6-8-13)15(24)9-4-11-2-1-3-14(10-11)23(27)28/h1-10H/b9-4+. The molecule has 0 radical (unpaired) electrons. The third-order valence-electron chi connectivity index (χ3n) is 3.89.